The first-order chi connectivity index (χ1) is 12.1. The first kappa shape index (κ1) is 16.3. The van der Waals surface area contributed by atoms with E-state index >= 15 is 0 Å². The topological polar surface area (TPSA) is 50.2 Å². The van der Waals surface area contributed by atoms with Gasteiger partial charge < -0.3 is 10.2 Å². The minimum atomic E-state index is 0.196. The normalized spacial score (nSPS) is 25.8. The van der Waals surface area contributed by atoms with Crippen molar-refractivity contribution >= 4 is 5.91 Å². The van der Waals surface area contributed by atoms with Gasteiger partial charge in [0.1, 0.15) is 6.54 Å². The van der Waals surface area contributed by atoms with Crippen LogP contribution >= 0.6 is 0 Å². The van der Waals surface area contributed by atoms with E-state index in [1.54, 1.807) is 0 Å². The molecule has 1 amide bonds. The molecule has 1 aromatic carbocycles. The number of rotatable bonds is 3. The van der Waals surface area contributed by atoms with E-state index in [0.717, 1.165) is 37.4 Å². The minimum absolute atomic E-state index is 0.196. The molecule has 5 heteroatoms. The van der Waals surface area contributed by atoms with E-state index in [-0.39, 0.29) is 5.91 Å². The quantitative estimate of drug-likeness (QED) is 0.932. The molecule has 0 saturated carbocycles. The van der Waals surface area contributed by atoms with E-state index < -0.39 is 0 Å². The Balaban J connectivity index is 1.56. The first-order valence-electron chi connectivity index (χ1n) is 9.19. The average Bonchev–Trinajstić information content (AvgIpc) is 3.16. The Bertz CT molecular complexity index is 754. The molecule has 0 radical (unpaired) electrons. The maximum Gasteiger partial charge on any atom is 0.244 e. The zero-order valence-corrected chi connectivity index (χ0v) is 15.0. The molecule has 0 aliphatic carbocycles. The smallest absolute Gasteiger partial charge is 0.244 e. The highest BCUT2D eigenvalue weighted by Crippen LogP contribution is 2.39. The molecule has 5 nitrogen and oxygen atoms in total. The van der Waals surface area contributed by atoms with E-state index in [2.05, 4.69) is 45.6 Å². The maximum atomic E-state index is 13.1. The number of hydrogen-bond donors (Lipinski definition) is 1. The SMILES string of the molecule is Cc1cc(C)n(CC(=O)N2C[C@H](c3ccccc3)[C@H]3CNCC[C@H]32)n1. The third-order valence-electron chi connectivity index (χ3n) is 5.74. The Labute approximate surface area is 149 Å². The molecule has 2 saturated heterocycles. The molecule has 2 fully saturated rings. The van der Waals surface area contributed by atoms with Crippen LogP contribution in [0, 0.1) is 19.8 Å². The van der Waals surface area contributed by atoms with Crippen LogP contribution in [0.4, 0.5) is 0 Å². The van der Waals surface area contributed by atoms with Gasteiger partial charge in [-0.25, -0.2) is 0 Å². The lowest BCUT2D eigenvalue weighted by atomic mass is 9.82. The van der Waals surface area contributed by atoms with Gasteiger partial charge in [0, 0.05) is 36.7 Å². The number of piperidine rings is 1. The van der Waals surface area contributed by atoms with Crippen LogP contribution in [0.15, 0.2) is 36.4 Å². The summed E-state index contributed by atoms with van der Waals surface area (Å²) in [6.07, 6.45) is 1.04. The molecule has 132 valence electrons. The molecule has 4 rings (SSSR count). The fourth-order valence-corrected chi connectivity index (χ4v) is 4.54. The van der Waals surface area contributed by atoms with E-state index in [9.17, 15) is 4.79 Å². The highest BCUT2D eigenvalue weighted by atomic mass is 16.2. The summed E-state index contributed by atoms with van der Waals surface area (Å²) in [6, 6.07) is 13.0. The highest BCUT2D eigenvalue weighted by molar-refractivity contribution is 5.77. The highest BCUT2D eigenvalue weighted by Gasteiger charge is 2.45. The van der Waals surface area contributed by atoms with Crippen molar-refractivity contribution in [1.29, 1.82) is 0 Å². The van der Waals surface area contributed by atoms with Crippen molar-refractivity contribution in [1.82, 2.24) is 20.0 Å². The fraction of sp³-hybridized carbons (Fsp3) is 0.500. The molecule has 0 bridgehead atoms. The zero-order valence-electron chi connectivity index (χ0n) is 15.0. The van der Waals surface area contributed by atoms with E-state index in [4.69, 9.17) is 0 Å². The van der Waals surface area contributed by atoms with Gasteiger partial charge in [-0.2, -0.15) is 5.10 Å². The average molecular weight is 338 g/mol. The van der Waals surface area contributed by atoms with Crippen LogP contribution in [0.25, 0.3) is 0 Å². The van der Waals surface area contributed by atoms with Gasteiger partial charge in [0.05, 0.1) is 5.69 Å². The van der Waals surface area contributed by atoms with Crippen LogP contribution in [0.2, 0.25) is 0 Å². The summed E-state index contributed by atoms with van der Waals surface area (Å²) in [5.74, 6) is 1.12. The number of aryl methyl sites for hydroxylation is 2. The third kappa shape index (κ3) is 3.09. The van der Waals surface area contributed by atoms with Gasteiger partial charge in [0.2, 0.25) is 5.91 Å². The number of aromatic nitrogens is 2. The lowest BCUT2D eigenvalue weighted by molar-refractivity contribution is -0.133. The summed E-state index contributed by atoms with van der Waals surface area (Å²) in [7, 11) is 0. The van der Waals surface area contributed by atoms with Gasteiger partial charge >= 0.3 is 0 Å². The molecule has 0 spiro atoms. The van der Waals surface area contributed by atoms with Crippen molar-refractivity contribution < 1.29 is 4.79 Å². The van der Waals surface area contributed by atoms with Gasteiger partial charge in [0.15, 0.2) is 0 Å². The van der Waals surface area contributed by atoms with Crippen LogP contribution < -0.4 is 5.32 Å². The van der Waals surface area contributed by atoms with Crippen LogP contribution in [-0.4, -0.2) is 46.3 Å². The molecular formula is C20H26N4O. The van der Waals surface area contributed by atoms with Crippen molar-refractivity contribution in [3.63, 3.8) is 0 Å². The number of hydrogen-bond acceptors (Lipinski definition) is 3. The van der Waals surface area contributed by atoms with Gasteiger partial charge in [-0.05, 0) is 38.4 Å². The van der Waals surface area contributed by atoms with Crippen LogP contribution in [0.5, 0.6) is 0 Å². The number of nitrogens with zero attached hydrogens (tertiary/aromatic N) is 3. The lowest BCUT2D eigenvalue weighted by Crippen LogP contribution is -2.47. The Kier molecular flexibility index (Phi) is 4.34. The summed E-state index contributed by atoms with van der Waals surface area (Å²) in [4.78, 5) is 15.2. The summed E-state index contributed by atoms with van der Waals surface area (Å²) >= 11 is 0. The molecule has 2 aliphatic heterocycles. The zero-order chi connectivity index (χ0) is 17.4. The minimum Gasteiger partial charge on any atom is -0.337 e. The second-order valence-electron chi connectivity index (χ2n) is 7.37. The predicted octanol–water partition coefficient (Wildman–Crippen LogP) is 2.10. The monoisotopic (exact) mass is 338 g/mol. The van der Waals surface area contributed by atoms with Crippen LogP contribution in [-0.2, 0) is 11.3 Å². The van der Waals surface area contributed by atoms with Crippen molar-refractivity contribution in [2.75, 3.05) is 19.6 Å². The first-order valence-corrected chi connectivity index (χ1v) is 9.19. The van der Waals surface area contributed by atoms with Crippen molar-refractivity contribution in [3.8, 4) is 0 Å². The number of carbonyl (C=O) groups excluding carboxylic acids is 1. The third-order valence-corrected chi connectivity index (χ3v) is 5.74. The van der Waals surface area contributed by atoms with Gasteiger partial charge in [-0.3, -0.25) is 9.48 Å². The summed E-state index contributed by atoms with van der Waals surface area (Å²) in [6.45, 7) is 7.13. The summed E-state index contributed by atoms with van der Waals surface area (Å²) < 4.78 is 1.84. The molecule has 0 unspecified atom stereocenters. The number of likely N-dealkylation sites (tertiary alicyclic amines) is 1. The largest absolute Gasteiger partial charge is 0.337 e. The Hall–Kier alpha value is -2.14. The Morgan fingerprint density at radius 2 is 2.08 bits per heavy atom. The maximum absolute atomic E-state index is 13.1. The predicted molar refractivity (Wildman–Crippen MR) is 97.4 cm³/mol. The van der Waals surface area contributed by atoms with Crippen LogP contribution in [0.1, 0.15) is 29.3 Å². The lowest BCUT2D eigenvalue weighted by Gasteiger charge is -2.33. The van der Waals surface area contributed by atoms with Gasteiger partial charge in [0.25, 0.3) is 0 Å². The number of nitrogens with one attached hydrogen (secondary N) is 1. The van der Waals surface area contributed by atoms with Gasteiger partial charge in [-0.15, -0.1) is 0 Å². The molecular weight excluding hydrogens is 312 g/mol. The van der Waals surface area contributed by atoms with E-state index in [0.29, 0.717) is 24.4 Å². The van der Waals surface area contributed by atoms with Crippen LogP contribution in [0.3, 0.4) is 0 Å². The standard InChI is InChI=1S/C20H26N4O/c1-14-10-15(2)24(22-14)13-20(25)23-12-18(16-6-4-3-5-7-16)17-11-21-9-8-19(17)23/h3-7,10,17-19,21H,8-9,11-13H2,1-2H3/t17-,18-,19-/m1/s1. The Morgan fingerprint density at radius 1 is 1.28 bits per heavy atom. The number of carbonyl (C=O) groups is 1. The van der Waals surface area contributed by atoms with E-state index in [1.807, 2.05) is 24.6 Å². The molecule has 2 aromatic rings. The second kappa shape index (κ2) is 6.64. The van der Waals surface area contributed by atoms with E-state index in [1.165, 1.54) is 5.56 Å². The van der Waals surface area contributed by atoms with Gasteiger partial charge in [-0.1, -0.05) is 30.3 Å². The Morgan fingerprint density at radius 3 is 2.80 bits per heavy atom. The molecule has 1 aromatic heterocycles. The van der Waals surface area contributed by atoms with Crippen molar-refractivity contribution in [2.24, 2.45) is 5.92 Å². The number of amides is 1. The fourth-order valence-electron chi connectivity index (χ4n) is 4.54. The van der Waals surface area contributed by atoms with Crippen molar-refractivity contribution in [2.45, 2.75) is 38.8 Å². The molecule has 3 heterocycles. The molecule has 25 heavy (non-hydrogen) atoms. The summed E-state index contributed by atoms with van der Waals surface area (Å²) in [5.41, 5.74) is 3.36. The molecule has 2 aliphatic rings. The number of benzene rings is 1. The number of fused-ring (bicyclic) bond motifs is 1. The molecule has 3 atom stereocenters. The second-order valence-corrected chi connectivity index (χ2v) is 7.37. The summed E-state index contributed by atoms with van der Waals surface area (Å²) in [5, 5.41) is 7.98. The molecule has 1 N–H and O–H groups in total. The van der Waals surface area contributed by atoms with Crippen molar-refractivity contribution in [3.05, 3.63) is 53.3 Å².